The lowest BCUT2D eigenvalue weighted by Crippen LogP contribution is -2.14. The summed E-state index contributed by atoms with van der Waals surface area (Å²) in [6, 6.07) is 14.9. The monoisotopic (exact) mass is 440 g/mol. The number of halogens is 1. The van der Waals surface area contributed by atoms with E-state index in [0.29, 0.717) is 38.9 Å². The number of nitrogens with one attached hydrogen (secondary N) is 1. The van der Waals surface area contributed by atoms with Crippen LogP contribution in [0.25, 0.3) is 0 Å². The fourth-order valence-electron chi connectivity index (χ4n) is 3.05. The zero-order valence-corrected chi connectivity index (χ0v) is 18.0. The first kappa shape index (κ1) is 22.1. The molecule has 1 amide bonds. The maximum Gasteiger partial charge on any atom is 0.274 e. The molecule has 0 aliphatic rings. The zero-order chi connectivity index (χ0) is 22.5. The fraction of sp³-hybridized carbons (Fsp3) is 0.174. The molecule has 160 valence electrons. The quantitative estimate of drug-likeness (QED) is 0.375. The molecular formula is C23H21ClN2O5. The minimum Gasteiger partial charge on any atom is -0.496 e. The number of nitrogens with zero attached hydrogens (tertiary/aromatic N) is 1. The molecule has 0 fully saturated rings. The highest BCUT2D eigenvalue weighted by molar-refractivity contribution is 6.31. The number of rotatable bonds is 7. The molecule has 0 saturated heterocycles. The minimum atomic E-state index is -0.480. The second-order valence-electron chi connectivity index (χ2n) is 6.89. The van der Waals surface area contributed by atoms with Crippen LogP contribution in [0.5, 0.6) is 11.5 Å². The Bertz CT molecular complexity index is 1150. The van der Waals surface area contributed by atoms with Gasteiger partial charge >= 0.3 is 0 Å². The van der Waals surface area contributed by atoms with Crippen molar-refractivity contribution in [1.82, 2.24) is 0 Å². The zero-order valence-electron chi connectivity index (χ0n) is 17.3. The van der Waals surface area contributed by atoms with E-state index in [2.05, 4.69) is 5.32 Å². The highest BCUT2D eigenvalue weighted by Gasteiger charge is 2.17. The molecular weight excluding hydrogens is 420 g/mol. The number of nitro groups is 1. The van der Waals surface area contributed by atoms with Crippen LogP contribution in [0.4, 0.5) is 11.4 Å². The molecule has 1 N–H and O–H groups in total. The van der Waals surface area contributed by atoms with Crippen molar-refractivity contribution in [3.8, 4) is 11.5 Å². The molecule has 0 atom stereocenters. The summed E-state index contributed by atoms with van der Waals surface area (Å²) in [5, 5.41) is 14.5. The minimum absolute atomic E-state index is 0.0557. The number of anilines is 1. The molecule has 0 aromatic heterocycles. The third-order valence-electron chi connectivity index (χ3n) is 4.82. The molecule has 0 unspecified atom stereocenters. The molecule has 31 heavy (non-hydrogen) atoms. The Morgan fingerprint density at radius 2 is 1.90 bits per heavy atom. The number of nitro benzene ring substituents is 1. The number of methoxy groups -OCH3 is 1. The molecule has 3 aromatic carbocycles. The van der Waals surface area contributed by atoms with Crippen molar-refractivity contribution in [2.24, 2.45) is 0 Å². The molecule has 0 aliphatic carbocycles. The fourth-order valence-corrected chi connectivity index (χ4v) is 3.17. The second-order valence-corrected chi connectivity index (χ2v) is 7.29. The van der Waals surface area contributed by atoms with Gasteiger partial charge in [-0.15, -0.1) is 0 Å². The largest absolute Gasteiger partial charge is 0.496 e. The summed E-state index contributed by atoms with van der Waals surface area (Å²) in [4.78, 5) is 23.4. The number of amides is 1. The first-order chi connectivity index (χ1) is 14.8. The van der Waals surface area contributed by atoms with Crippen molar-refractivity contribution >= 4 is 28.9 Å². The Hall–Kier alpha value is -3.58. The van der Waals surface area contributed by atoms with Crippen molar-refractivity contribution in [3.63, 3.8) is 0 Å². The maximum atomic E-state index is 12.8. The number of carbonyl (C=O) groups excluding carboxylic acids is 1. The van der Waals surface area contributed by atoms with Gasteiger partial charge in [0.25, 0.3) is 11.6 Å². The van der Waals surface area contributed by atoms with Gasteiger partial charge in [-0.25, -0.2) is 0 Å². The summed E-state index contributed by atoms with van der Waals surface area (Å²) in [5.74, 6) is 0.828. The van der Waals surface area contributed by atoms with Crippen molar-refractivity contribution in [3.05, 3.63) is 92.0 Å². The predicted octanol–water partition coefficient (Wildman–Crippen LogP) is 5.70. The highest BCUT2D eigenvalue weighted by Crippen LogP contribution is 2.27. The van der Waals surface area contributed by atoms with E-state index < -0.39 is 10.8 Å². The SMILES string of the molecule is COc1ccc(C(=O)Nc2cccc([N+](=O)[O-])c2C)cc1COc1ccc(Cl)c(C)c1. The molecule has 3 aromatic rings. The Morgan fingerprint density at radius 1 is 1.13 bits per heavy atom. The Balaban J connectivity index is 1.81. The number of carbonyl (C=O) groups is 1. The topological polar surface area (TPSA) is 90.7 Å². The average molecular weight is 441 g/mol. The van der Waals surface area contributed by atoms with E-state index in [1.807, 2.05) is 13.0 Å². The normalized spacial score (nSPS) is 10.5. The number of hydrogen-bond acceptors (Lipinski definition) is 5. The van der Waals surface area contributed by atoms with Crippen molar-refractivity contribution < 1.29 is 19.2 Å². The van der Waals surface area contributed by atoms with Gasteiger partial charge in [0.1, 0.15) is 18.1 Å². The molecule has 0 saturated carbocycles. The molecule has 0 heterocycles. The van der Waals surface area contributed by atoms with Gasteiger partial charge in [0.05, 0.1) is 23.3 Å². The number of aryl methyl sites for hydroxylation is 1. The molecule has 7 nitrogen and oxygen atoms in total. The Morgan fingerprint density at radius 3 is 2.58 bits per heavy atom. The lowest BCUT2D eigenvalue weighted by molar-refractivity contribution is -0.385. The van der Waals surface area contributed by atoms with Crippen LogP contribution in [0.3, 0.4) is 0 Å². The van der Waals surface area contributed by atoms with Crippen LogP contribution in [0.15, 0.2) is 54.6 Å². The van der Waals surface area contributed by atoms with Gasteiger partial charge < -0.3 is 14.8 Å². The summed E-state index contributed by atoms with van der Waals surface area (Å²) in [5.41, 5.74) is 2.66. The summed E-state index contributed by atoms with van der Waals surface area (Å²) in [7, 11) is 1.54. The van der Waals surface area contributed by atoms with Gasteiger partial charge in [-0.3, -0.25) is 14.9 Å². The van der Waals surface area contributed by atoms with Gasteiger partial charge in [0.2, 0.25) is 0 Å². The Kier molecular flexibility index (Phi) is 6.77. The highest BCUT2D eigenvalue weighted by atomic mass is 35.5. The van der Waals surface area contributed by atoms with E-state index >= 15 is 0 Å². The summed E-state index contributed by atoms with van der Waals surface area (Å²) in [6.45, 7) is 3.66. The average Bonchev–Trinajstić information content (AvgIpc) is 2.75. The van der Waals surface area contributed by atoms with E-state index in [1.165, 1.54) is 19.2 Å². The second kappa shape index (κ2) is 9.49. The molecule has 3 rings (SSSR count). The number of ether oxygens (including phenoxy) is 2. The Labute approximate surface area is 184 Å². The van der Waals surface area contributed by atoms with Crippen molar-refractivity contribution in [1.29, 1.82) is 0 Å². The molecule has 0 radical (unpaired) electrons. The van der Waals surface area contributed by atoms with Gasteiger partial charge in [-0.05, 0) is 61.9 Å². The lowest BCUT2D eigenvalue weighted by atomic mass is 10.1. The standard InChI is InChI=1S/C23H21ClN2O5/c1-14-11-18(8-9-19(14)24)31-13-17-12-16(7-10-22(17)30-3)23(27)25-20-5-4-6-21(15(20)2)26(28)29/h4-12H,13H2,1-3H3,(H,25,27). The third-order valence-corrected chi connectivity index (χ3v) is 5.24. The van der Waals surface area contributed by atoms with Gasteiger partial charge in [-0.2, -0.15) is 0 Å². The summed E-state index contributed by atoms with van der Waals surface area (Å²) < 4.78 is 11.2. The van der Waals surface area contributed by atoms with E-state index in [1.54, 1.807) is 43.3 Å². The molecule has 0 bridgehead atoms. The maximum absolute atomic E-state index is 12.8. The van der Waals surface area contributed by atoms with Crippen LogP contribution in [0.2, 0.25) is 5.02 Å². The van der Waals surface area contributed by atoms with E-state index in [-0.39, 0.29) is 12.3 Å². The summed E-state index contributed by atoms with van der Waals surface area (Å²) >= 11 is 6.05. The smallest absolute Gasteiger partial charge is 0.274 e. The third kappa shape index (κ3) is 5.13. The van der Waals surface area contributed by atoms with E-state index in [9.17, 15) is 14.9 Å². The van der Waals surface area contributed by atoms with Gasteiger partial charge in [0, 0.05) is 22.2 Å². The summed E-state index contributed by atoms with van der Waals surface area (Å²) in [6.07, 6.45) is 0. The first-order valence-corrected chi connectivity index (χ1v) is 9.79. The predicted molar refractivity (Wildman–Crippen MR) is 119 cm³/mol. The van der Waals surface area contributed by atoms with E-state index in [4.69, 9.17) is 21.1 Å². The molecule has 0 aliphatic heterocycles. The van der Waals surface area contributed by atoms with Crippen LogP contribution in [-0.2, 0) is 6.61 Å². The van der Waals surface area contributed by atoms with Crippen molar-refractivity contribution in [2.45, 2.75) is 20.5 Å². The molecule has 8 heteroatoms. The van der Waals surface area contributed by atoms with E-state index in [0.717, 1.165) is 5.56 Å². The van der Waals surface area contributed by atoms with Crippen LogP contribution in [0.1, 0.15) is 27.0 Å². The van der Waals surface area contributed by atoms with Crippen LogP contribution < -0.4 is 14.8 Å². The lowest BCUT2D eigenvalue weighted by Gasteiger charge is -2.13. The van der Waals surface area contributed by atoms with Crippen LogP contribution >= 0.6 is 11.6 Å². The van der Waals surface area contributed by atoms with Crippen molar-refractivity contribution in [2.75, 3.05) is 12.4 Å². The van der Waals surface area contributed by atoms with Gasteiger partial charge in [-0.1, -0.05) is 17.7 Å². The molecule has 0 spiro atoms. The van der Waals surface area contributed by atoms with Crippen LogP contribution in [-0.4, -0.2) is 17.9 Å². The first-order valence-electron chi connectivity index (χ1n) is 9.41. The van der Waals surface area contributed by atoms with Crippen LogP contribution in [0, 0.1) is 24.0 Å². The van der Waals surface area contributed by atoms with Gasteiger partial charge in [0.15, 0.2) is 0 Å². The number of hydrogen-bond donors (Lipinski definition) is 1. The number of benzene rings is 3.